The van der Waals surface area contributed by atoms with Gasteiger partial charge in [0.15, 0.2) is 0 Å². The fourth-order valence-electron chi connectivity index (χ4n) is 0.258. The minimum Gasteiger partial charge on any atom is -0.547 e. The summed E-state index contributed by atoms with van der Waals surface area (Å²) in [5.41, 5.74) is 0. The number of carbonyl (C=O) groups excluding carboxylic acids is 2. The van der Waals surface area contributed by atoms with Gasteiger partial charge < -0.3 is 57.0 Å². The summed E-state index contributed by atoms with van der Waals surface area (Å²) in [5.74, 6) is -4.12. The molecule has 0 aromatic heterocycles. The molecule has 0 radical (unpaired) electrons. The van der Waals surface area contributed by atoms with E-state index in [4.69, 9.17) is 15.3 Å². The van der Waals surface area contributed by atoms with Gasteiger partial charge in [-0.2, -0.15) is 0 Å². The van der Waals surface area contributed by atoms with Crippen molar-refractivity contribution < 1.29 is 138 Å². The molecule has 2 unspecified atom stereocenters. The first-order valence-corrected chi connectivity index (χ1v) is 3.77. The maximum atomic E-state index is 9.63. The van der Waals surface area contributed by atoms with E-state index in [2.05, 4.69) is 0 Å². The largest absolute Gasteiger partial charge is 1.00 e. The fourth-order valence-corrected chi connectivity index (χ4v) is 0.258. The fraction of sp³-hybridized carbons (Fsp3) is 0.714. The summed E-state index contributed by atoms with van der Waals surface area (Å²) in [4.78, 5) is 19.3. The summed E-state index contributed by atoms with van der Waals surface area (Å²) in [6, 6.07) is 0. The molecule has 0 rings (SSSR count). The van der Waals surface area contributed by atoms with Crippen LogP contribution in [0.25, 0.3) is 0 Å². The number of carboxylic acid groups (broad SMARTS) is 2. The van der Waals surface area contributed by atoms with Crippen molar-refractivity contribution in [3.63, 3.8) is 0 Å². The predicted molar refractivity (Wildman–Crippen MR) is 53.9 cm³/mol. The first kappa shape index (κ1) is 49.6. The standard InChI is InChI=1S/C4H6O6.C3H8O.K.Na.4H2O/c5-1(3(7)8)2(6)4(9)10;1-2-3-4;;;;;;/h1-2,5-6H,(H,7,8)(H,9,10);4H,2-3H2,1H3;;;4*1H2/q;;2*+1;;;;/p-2. The van der Waals surface area contributed by atoms with Crippen LogP contribution in [0.15, 0.2) is 0 Å². The summed E-state index contributed by atoms with van der Waals surface area (Å²) in [6.45, 7) is 2.25. The molecule has 20 heavy (non-hydrogen) atoms. The van der Waals surface area contributed by atoms with Crippen LogP contribution in [0.5, 0.6) is 0 Å². The molecule has 0 bridgehead atoms. The summed E-state index contributed by atoms with van der Waals surface area (Å²) >= 11 is 0. The SMILES string of the molecule is CCCO.O.O.O.O.O=C([O-])C(O)C(O)C(=O)[O-].[K+].[Na+]. The molecule has 13 heteroatoms. The second kappa shape index (κ2) is 32.3. The first-order chi connectivity index (χ1) is 6.38. The van der Waals surface area contributed by atoms with Crippen molar-refractivity contribution in [2.45, 2.75) is 25.6 Å². The zero-order chi connectivity index (χ0) is 11.7. The maximum absolute atomic E-state index is 9.63. The molecule has 0 amide bonds. The number of hydrogen-bond acceptors (Lipinski definition) is 7. The molecule has 11 N–H and O–H groups in total. The Hall–Kier alpha value is 1.30. The van der Waals surface area contributed by atoms with Gasteiger partial charge in [-0.3, -0.25) is 0 Å². The van der Waals surface area contributed by atoms with Crippen LogP contribution >= 0.6 is 0 Å². The number of aliphatic hydroxyl groups excluding tert-OH is 3. The molecule has 0 aliphatic heterocycles. The molecule has 0 aromatic rings. The minimum atomic E-state index is -2.44. The predicted octanol–water partition coefficient (Wildman–Crippen LogP) is -13.7. The van der Waals surface area contributed by atoms with E-state index >= 15 is 0 Å². The third kappa shape index (κ3) is 31.6. The van der Waals surface area contributed by atoms with E-state index in [0.29, 0.717) is 6.61 Å². The van der Waals surface area contributed by atoms with Crippen LogP contribution in [-0.2, 0) is 9.59 Å². The van der Waals surface area contributed by atoms with Gasteiger partial charge >= 0.3 is 80.9 Å². The molecule has 2 atom stereocenters. The van der Waals surface area contributed by atoms with Crippen molar-refractivity contribution in [1.29, 1.82) is 0 Å². The number of carboxylic acids is 2. The summed E-state index contributed by atoms with van der Waals surface area (Å²) < 4.78 is 0. The molecule has 0 saturated heterocycles. The number of aliphatic carboxylic acids is 2. The smallest absolute Gasteiger partial charge is 0.547 e. The van der Waals surface area contributed by atoms with Gasteiger partial charge in [0, 0.05) is 6.61 Å². The minimum absolute atomic E-state index is 0. The summed E-state index contributed by atoms with van der Waals surface area (Å²) in [6.07, 6.45) is -4.00. The van der Waals surface area contributed by atoms with Crippen LogP contribution in [0.2, 0.25) is 0 Å². The average Bonchev–Trinajstić information content (AvgIpc) is 2.15. The molecule has 0 spiro atoms. The van der Waals surface area contributed by atoms with Gasteiger partial charge in [0.2, 0.25) is 0 Å². The third-order valence-electron chi connectivity index (χ3n) is 1.01. The summed E-state index contributed by atoms with van der Waals surface area (Å²) in [5, 5.41) is 43.6. The quantitative estimate of drug-likeness (QED) is 0.414. The summed E-state index contributed by atoms with van der Waals surface area (Å²) in [7, 11) is 0. The zero-order valence-electron chi connectivity index (χ0n) is 11.5. The third-order valence-corrected chi connectivity index (χ3v) is 1.01. The van der Waals surface area contributed by atoms with Gasteiger partial charge in [-0.1, -0.05) is 6.92 Å². The van der Waals surface area contributed by atoms with E-state index in [9.17, 15) is 19.8 Å². The molecule has 0 saturated carbocycles. The molecule has 0 aliphatic rings. The van der Waals surface area contributed by atoms with E-state index < -0.39 is 24.1 Å². The van der Waals surface area contributed by atoms with E-state index in [0.717, 1.165) is 6.42 Å². The van der Waals surface area contributed by atoms with Crippen molar-refractivity contribution in [2.24, 2.45) is 0 Å². The molecule has 0 heterocycles. The Morgan fingerprint density at radius 2 is 1.10 bits per heavy atom. The van der Waals surface area contributed by atoms with E-state index in [1.807, 2.05) is 6.92 Å². The van der Waals surface area contributed by atoms with Gasteiger partial charge in [0.05, 0.1) is 11.9 Å². The monoisotopic (exact) mass is 342 g/mol. The number of aliphatic hydroxyl groups is 3. The number of carbonyl (C=O) groups is 2. The Kier molecular flexibility index (Phi) is 80.1. The van der Waals surface area contributed by atoms with Crippen molar-refractivity contribution in [3.8, 4) is 0 Å². The maximum Gasteiger partial charge on any atom is 1.00 e. The molecule has 0 fully saturated rings. The van der Waals surface area contributed by atoms with Crippen molar-refractivity contribution in [1.82, 2.24) is 0 Å². The van der Waals surface area contributed by atoms with Crippen LogP contribution in [0, 0.1) is 0 Å². The molecule has 0 aromatic carbocycles. The van der Waals surface area contributed by atoms with Crippen LogP contribution < -0.4 is 91.2 Å². The Balaban J connectivity index is -0.0000000217. The Morgan fingerprint density at radius 1 is 0.950 bits per heavy atom. The van der Waals surface area contributed by atoms with Crippen LogP contribution in [0.4, 0.5) is 0 Å². The van der Waals surface area contributed by atoms with E-state index in [1.165, 1.54) is 0 Å². The topological polar surface area (TPSA) is 267 Å². The normalized spacial score (nSPS) is 9.40. The number of rotatable bonds is 4. The van der Waals surface area contributed by atoms with Crippen LogP contribution in [0.1, 0.15) is 13.3 Å². The molecular formula is C7H20KNaO11. The molecule has 0 aliphatic carbocycles. The molecular weight excluding hydrogens is 322 g/mol. The second-order valence-corrected chi connectivity index (χ2v) is 2.25. The van der Waals surface area contributed by atoms with Crippen molar-refractivity contribution in [2.75, 3.05) is 6.61 Å². The Bertz CT molecular complexity index is 174. The van der Waals surface area contributed by atoms with Gasteiger partial charge in [-0.15, -0.1) is 0 Å². The average molecular weight is 342 g/mol. The van der Waals surface area contributed by atoms with E-state index in [-0.39, 0.29) is 103 Å². The van der Waals surface area contributed by atoms with Gasteiger partial charge in [0.25, 0.3) is 0 Å². The molecule has 11 nitrogen and oxygen atoms in total. The Morgan fingerprint density at radius 3 is 1.15 bits per heavy atom. The van der Waals surface area contributed by atoms with Gasteiger partial charge in [-0.25, -0.2) is 0 Å². The van der Waals surface area contributed by atoms with E-state index in [1.54, 1.807) is 0 Å². The first-order valence-electron chi connectivity index (χ1n) is 3.77. The van der Waals surface area contributed by atoms with Crippen LogP contribution in [0.3, 0.4) is 0 Å². The van der Waals surface area contributed by atoms with Gasteiger partial charge in [0.1, 0.15) is 12.2 Å². The van der Waals surface area contributed by atoms with Crippen molar-refractivity contribution >= 4 is 11.9 Å². The van der Waals surface area contributed by atoms with Crippen LogP contribution in [-0.4, -0.2) is 68.0 Å². The van der Waals surface area contributed by atoms with Crippen molar-refractivity contribution in [3.05, 3.63) is 0 Å². The zero-order valence-corrected chi connectivity index (χ0v) is 16.7. The number of hydrogen-bond donors (Lipinski definition) is 3. The Labute approximate surface area is 179 Å². The van der Waals surface area contributed by atoms with Gasteiger partial charge in [-0.05, 0) is 6.42 Å². The second-order valence-electron chi connectivity index (χ2n) is 2.25. The molecule has 116 valence electrons.